The predicted octanol–water partition coefficient (Wildman–Crippen LogP) is 1.64. The minimum Gasteiger partial charge on any atom is -0.341 e. The molecule has 1 aromatic heterocycles. The Morgan fingerprint density at radius 1 is 1.44 bits per heavy atom. The van der Waals surface area contributed by atoms with Crippen molar-refractivity contribution in [3.8, 4) is 0 Å². The van der Waals surface area contributed by atoms with Gasteiger partial charge in [-0.2, -0.15) is 0 Å². The summed E-state index contributed by atoms with van der Waals surface area (Å²) in [6, 6.07) is 5.05. The molecule has 0 saturated carbocycles. The molecule has 0 fully saturated rings. The SMILES string of the molecule is CCNC(C)c1nc2ccc(S(C)(=O)=O)cc2[nH]1. The van der Waals surface area contributed by atoms with Gasteiger partial charge in [0.25, 0.3) is 0 Å². The van der Waals surface area contributed by atoms with E-state index >= 15 is 0 Å². The molecule has 0 aliphatic heterocycles. The van der Waals surface area contributed by atoms with Gasteiger partial charge in [0.05, 0.1) is 22.0 Å². The molecule has 98 valence electrons. The third-order valence-corrected chi connectivity index (χ3v) is 3.93. The van der Waals surface area contributed by atoms with E-state index in [9.17, 15) is 8.42 Å². The highest BCUT2D eigenvalue weighted by Gasteiger charge is 2.12. The number of benzene rings is 1. The van der Waals surface area contributed by atoms with Crippen LogP contribution < -0.4 is 5.32 Å². The summed E-state index contributed by atoms with van der Waals surface area (Å²) in [6.45, 7) is 4.90. The van der Waals surface area contributed by atoms with Gasteiger partial charge in [-0.1, -0.05) is 6.92 Å². The second-order valence-electron chi connectivity index (χ2n) is 4.35. The third kappa shape index (κ3) is 2.54. The molecule has 0 spiro atoms. The van der Waals surface area contributed by atoms with Gasteiger partial charge in [0.15, 0.2) is 9.84 Å². The monoisotopic (exact) mass is 267 g/mol. The second-order valence-corrected chi connectivity index (χ2v) is 6.37. The number of aromatic amines is 1. The van der Waals surface area contributed by atoms with Gasteiger partial charge in [-0.05, 0) is 31.7 Å². The van der Waals surface area contributed by atoms with Crippen LogP contribution in [0.15, 0.2) is 23.1 Å². The first kappa shape index (κ1) is 13.0. The summed E-state index contributed by atoms with van der Waals surface area (Å²) in [4.78, 5) is 7.90. The topological polar surface area (TPSA) is 74.8 Å². The Morgan fingerprint density at radius 2 is 2.17 bits per heavy atom. The number of nitrogens with one attached hydrogen (secondary N) is 2. The first-order valence-corrected chi connectivity index (χ1v) is 7.74. The molecule has 2 N–H and O–H groups in total. The van der Waals surface area contributed by atoms with E-state index < -0.39 is 9.84 Å². The van der Waals surface area contributed by atoms with Crippen LogP contribution in [0.2, 0.25) is 0 Å². The fourth-order valence-electron chi connectivity index (χ4n) is 1.85. The Hall–Kier alpha value is -1.40. The van der Waals surface area contributed by atoms with E-state index in [4.69, 9.17) is 0 Å². The summed E-state index contributed by atoms with van der Waals surface area (Å²) in [5.74, 6) is 0.817. The Labute approximate surface area is 107 Å². The highest BCUT2D eigenvalue weighted by molar-refractivity contribution is 7.90. The maximum absolute atomic E-state index is 11.5. The lowest BCUT2D eigenvalue weighted by Gasteiger charge is -2.07. The molecule has 0 radical (unpaired) electrons. The van der Waals surface area contributed by atoms with Crippen LogP contribution >= 0.6 is 0 Å². The van der Waals surface area contributed by atoms with E-state index in [0.29, 0.717) is 4.90 Å². The molecule has 0 saturated heterocycles. The molecular formula is C12H17N3O2S. The zero-order valence-corrected chi connectivity index (χ0v) is 11.5. The number of rotatable bonds is 4. The van der Waals surface area contributed by atoms with Crippen LogP contribution in [0.5, 0.6) is 0 Å². The van der Waals surface area contributed by atoms with Gasteiger partial charge in [-0.25, -0.2) is 13.4 Å². The third-order valence-electron chi connectivity index (χ3n) is 2.82. The van der Waals surface area contributed by atoms with Gasteiger partial charge < -0.3 is 10.3 Å². The molecule has 18 heavy (non-hydrogen) atoms. The first-order valence-electron chi connectivity index (χ1n) is 5.85. The Morgan fingerprint density at radius 3 is 2.78 bits per heavy atom. The van der Waals surface area contributed by atoms with Crippen molar-refractivity contribution in [1.29, 1.82) is 0 Å². The van der Waals surface area contributed by atoms with E-state index in [0.717, 1.165) is 23.4 Å². The van der Waals surface area contributed by atoms with Crippen LogP contribution in [0.4, 0.5) is 0 Å². The van der Waals surface area contributed by atoms with Crippen LogP contribution in [0.25, 0.3) is 11.0 Å². The molecule has 0 bridgehead atoms. The minimum absolute atomic E-state index is 0.115. The smallest absolute Gasteiger partial charge is 0.175 e. The zero-order valence-electron chi connectivity index (χ0n) is 10.7. The van der Waals surface area contributed by atoms with Crippen molar-refractivity contribution in [2.75, 3.05) is 12.8 Å². The Kier molecular flexibility index (Phi) is 3.41. The van der Waals surface area contributed by atoms with Gasteiger partial charge in [0.2, 0.25) is 0 Å². The molecule has 6 heteroatoms. The first-order chi connectivity index (χ1) is 8.41. The van der Waals surface area contributed by atoms with Gasteiger partial charge in [-0.3, -0.25) is 0 Å². The molecular weight excluding hydrogens is 250 g/mol. The van der Waals surface area contributed by atoms with Crippen molar-refractivity contribution in [3.05, 3.63) is 24.0 Å². The van der Waals surface area contributed by atoms with Crippen molar-refractivity contribution < 1.29 is 8.42 Å². The Bertz CT molecular complexity index is 661. The van der Waals surface area contributed by atoms with E-state index in [1.807, 2.05) is 13.8 Å². The fourth-order valence-corrected chi connectivity index (χ4v) is 2.49. The number of hydrogen-bond acceptors (Lipinski definition) is 4. The summed E-state index contributed by atoms with van der Waals surface area (Å²) in [5.41, 5.74) is 1.53. The molecule has 1 aromatic carbocycles. The zero-order chi connectivity index (χ0) is 13.3. The van der Waals surface area contributed by atoms with Gasteiger partial charge in [0.1, 0.15) is 5.82 Å². The highest BCUT2D eigenvalue weighted by Crippen LogP contribution is 2.19. The van der Waals surface area contributed by atoms with Crippen molar-refractivity contribution in [3.63, 3.8) is 0 Å². The largest absolute Gasteiger partial charge is 0.341 e. The van der Waals surface area contributed by atoms with Crippen molar-refractivity contribution >= 4 is 20.9 Å². The van der Waals surface area contributed by atoms with Crippen molar-refractivity contribution in [1.82, 2.24) is 15.3 Å². The van der Waals surface area contributed by atoms with Crippen LogP contribution in [0, 0.1) is 0 Å². The fraction of sp³-hybridized carbons (Fsp3) is 0.417. The number of imidazole rings is 1. The molecule has 1 heterocycles. The molecule has 2 aromatic rings. The molecule has 0 amide bonds. The number of H-pyrrole nitrogens is 1. The summed E-state index contributed by atoms with van der Waals surface area (Å²) in [7, 11) is -3.18. The second kappa shape index (κ2) is 4.70. The van der Waals surface area contributed by atoms with Crippen LogP contribution in [0.3, 0.4) is 0 Å². The van der Waals surface area contributed by atoms with E-state index in [-0.39, 0.29) is 6.04 Å². The van der Waals surface area contributed by atoms with E-state index in [1.54, 1.807) is 18.2 Å². The average molecular weight is 267 g/mol. The van der Waals surface area contributed by atoms with Crippen molar-refractivity contribution in [2.24, 2.45) is 0 Å². The standard InChI is InChI=1S/C12H17N3O2S/c1-4-13-8(2)12-14-10-6-5-9(18(3,16)17)7-11(10)15-12/h5-8,13H,4H2,1-3H3,(H,14,15). The lowest BCUT2D eigenvalue weighted by molar-refractivity contribution is 0.573. The number of hydrogen-bond donors (Lipinski definition) is 2. The van der Waals surface area contributed by atoms with E-state index in [1.165, 1.54) is 6.26 Å². The number of fused-ring (bicyclic) bond motifs is 1. The predicted molar refractivity (Wildman–Crippen MR) is 71.3 cm³/mol. The summed E-state index contributed by atoms with van der Waals surface area (Å²) in [6.07, 6.45) is 1.20. The van der Waals surface area contributed by atoms with Gasteiger partial charge >= 0.3 is 0 Å². The molecule has 1 unspecified atom stereocenters. The normalized spacial score (nSPS) is 13.9. The average Bonchev–Trinajstić information content (AvgIpc) is 2.70. The summed E-state index contributed by atoms with van der Waals surface area (Å²) < 4.78 is 22.9. The molecule has 1 atom stereocenters. The van der Waals surface area contributed by atoms with Crippen LogP contribution in [0.1, 0.15) is 25.7 Å². The maximum atomic E-state index is 11.5. The Balaban J connectivity index is 2.46. The number of aromatic nitrogens is 2. The summed E-state index contributed by atoms with van der Waals surface area (Å²) in [5, 5.41) is 3.26. The summed E-state index contributed by atoms with van der Waals surface area (Å²) >= 11 is 0. The molecule has 0 aliphatic carbocycles. The van der Waals surface area contributed by atoms with Crippen LogP contribution in [-0.4, -0.2) is 31.2 Å². The van der Waals surface area contributed by atoms with Gasteiger partial charge in [0, 0.05) is 6.26 Å². The number of nitrogens with zero attached hydrogens (tertiary/aromatic N) is 1. The van der Waals surface area contributed by atoms with Crippen LogP contribution in [-0.2, 0) is 9.84 Å². The maximum Gasteiger partial charge on any atom is 0.175 e. The van der Waals surface area contributed by atoms with E-state index in [2.05, 4.69) is 15.3 Å². The highest BCUT2D eigenvalue weighted by atomic mass is 32.2. The number of sulfone groups is 1. The molecule has 2 rings (SSSR count). The molecule has 0 aliphatic rings. The van der Waals surface area contributed by atoms with Gasteiger partial charge in [-0.15, -0.1) is 0 Å². The lowest BCUT2D eigenvalue weighted by atomic mass is 10.3. The van der Waals surface area contributed by atoms with Crippen molar-refractivity contribution in [2.45, 2.75) is 24.8 Å². The lowest BCUT2D eigenvalue weighted by Crippen LogP contribution is -2.18. The quantitative estimate of drug-likeness (QED) is 0.883. The minimum atomic E-state index is -3.18. The molecule has 5 nitrogen and oxygen atoms in total.